The number of anilines is 2. The molecule has 150 valence electrons. The summed E-state index contributed by atoms with van der Waals surface area (Å²) in [5.41, 5.74) is 6.27. The van der Waals surface area contributed by atoms with Crippen LogP contribution < -0.4 is 16.0 Å². The van der Waals surface area contributed by atoms with Crippen LogP contribution in [0.2, 0.25) is 0 Å². The van der Waals surface area contributed by atoms with Crippen LogP contribution in [0.3, 0.4) is 0 Å². The summed E-state index contributed by atoms with van der Waals surface area (Å²) >= 11 is 2.76. The van der Waals surface area contributed by atoms with Crippen LogP contribution in [-0.2, 0) is 14.3 Å². The van der Waals surface area contributed by atoms with Gasteiger partial charge in [-0.05, 0) is 25.0 Å². The monoisotopic (exact) mass is 421 g/mol. The fraction of sp³-hybridized carbons (Fsp3) is 0.500. The normalized spacial score (nSPS) is 30.3. The van der Waals surface area contributed by atoms with E-state index in [1.54, 1.807) is 14.2 Å². The van der Waals surface area contributed by atoms with Crippen molar-refractivity contribution in [3.63, 3.8) is 0 Å². The SMILES string of the molecule is COC1CC2NC(Sc3nnc(N)s3)N(c3ccccc3)C(=O)C2CC1OC. The summed E-state index contributed by atoms with van der Waals surface area (Å²) in [6.45, 7) is 0. The average molecular weight is 422 g/mol. The van der Waals surface area contributed by atoms with Gasteiger partial charge in [-0.2, -0.15) is 0 Å². The molecule has 1 aromatic heterocycles. The van der Waals surface area contributed by atoms with Crippen molar-refractivity contribution >= 4 is 39.8 Å². The van der Waals surface area contributed by atoms with E-state index in [0.717, 1.165) is 10.0 Å². The number of nitrogens with one attached hydrogen (secondary N) is 1. The molecule has 5 atom stereocenters. The van der Waals surface area contributed by atoms with Crippen LogP contribution >= 0.6 is 23.1 Å². The molecule has 1 amide bonds. The van der Waals surface area contributed by atoms with Gasteiger partial charge in [-0.1, -0.05) is 41.3 Å². The number of carbonyl (C=O) groups excluding carboxylic acids is 1. The smallest absolute Gasteiger partial charge is 0.233 e. The van der Waals surface area contributed by atoms with Gasteiger partial charge in [-0.15, -0.1) is 10.2 Å². The molecule has 0 bridgehead atoms. The number of carbonyl (C=O) groups is 1. The zero-order valence-electron chi connectivity index (χ0n) is 15.6. The van der Waals surface area contributed by atoms with Crippen molar-refractivity contribution in [1.82, 2.24) is 15.5 Å². The second-order valence-electron chi connectivity index (χ2n) is 6.82. The van der Waals surface area contributed by atoms with E-state index in [1.165, 1.54) is 23.1 Å². The Morgan fingerprint density at radius 3 is 2.54 bits per heavy atom. The van der Waals surface area contributed by atoms with E-state index in [9.17, 15) is 4.79 Å². The van der Waals surface area contributed by atoms with Gasteiger partial charge in [0.2, 0.25) is 11.0 Å². The van der Waals surface area contributed by atoms with Gasteiger partial charge in [0.15, 0.2) is 4.34 Å². The van der Waals surface area contributed by atoms with Crippen molar-refractivity contribution in [3.05, 3.63) is 30.3 Å². The van der Waals surface area contributed by atoms with Crippen molar-refractivity contribution in [2.75, 3.05) is 24.9 Å². The summed E-state index contributed by atoms with van der Waals surface area (Å²) in [6.07, 6.45) is 1.20. The molecule has 0 radical (unpaired) electrons. The number of aromatic nitrogens is 2. The number of rotatable bonds is 5. The quantitative estimate of drug-likeness (QED) is 0.755. The third-order valence-corrected chi connectivity index (χ3v) is 7.23. The minimum atomic E-state index is -0.305. The molecule has 2 fully saturated rings. The number of fused-ring (bicyclic) bond motifs is 1. The number of nitrogen functional groups attached to an aromatic ring is 1. The number of thioether (sulfide) groups is 1. The van der Waals surface area contributed by atoms with Gasteiger partial charge in [0, 0.05) is 25.9 Å². The summed E-state index contributed by atoms with van der Waals surface area (Å²) < 4.78 is 11.9. The van der Waals surface area contributed by atoms with Crippen LogP contribution in [0.25, 0.3) is 0 Å². The maximum absolute atomic E-state index is 13.5. The maximum atomic E-state index is 13.5. The van der Waals surface area contributed by atoms with Gasteiger partial charge in [-0.25, -0.2) is 0 Å². The first-order valence-electron chi connectivity index (χ1n) is 9.06. The summed E-state index contributed by atoms with van der Waals surface area (Å²) in [7, 11) is 3.36. The molecule has 1 aliphatic heterocycles. The number of hydrogen-bond donors (Lipinski definition) is 2. The Balaban J connectivity index is 1.65. The third-order valence-electron chi connectivity index (χ3n) is 5.29. The number of ether oxygens (including phenoxy) is 2. The number of amides is 1. The fourth-order valence-corrected chi connectivity index (χ4v) is 5.86. The Labute approximate surface area is 171 Å². The molecule has 2 aliphatic rings. The second-order valence-corrected chi connectivity index (χ2v) is 9.16. The Morgan fingerprint density at radius 1 is 1.18 bits per heavy atom. The number of nitrogens with two attached hydrogens (primary N) is 1. The lowest BCUT2D eigenvalue weighted by molar-refractivity contribution is -0.134. The lowest BCUT2D eigenvalue weighted by atomic mass is 9.79. The van der Waals surface area contributed by atoms with Crippen molar-refractivity contribution in [3.8, 4) is 0 Å². The number of benzene rings is 1. The van der Waals surface area contributed by atoms with Gasteiger partial charge in [-0.3, -0.25) is 15.0 Å². The van der Waals surface area contributed by atoms with Crippen molar-refractivity contribution in [2.45, 2.75) is 40.9 Å². The molecule has 5 unspecified atom stereocenters. The standard InChI is InChI=1S/C18H23N5O3S2/c1-25-13-8-11-12(9-14(13)26-2)20-17(28-18-22-21-16(19)27-18)23(15(11)24)10-6-4-3-5-7-10/h3-7,11-14,17,20H,8-9H2,1-2H3,(H2,19,21). The highest BCUT2D eigenvalue weighted by Gasteiger charge is 2.48. The molecule has 3 N–H and O–H groups in total. The van der Waals surface area contributed by atoms with E-state index >= 15 is 0 Å². The van der Waals surface area contributed by atoms with E-state index < -0.39 is 0 Å². The van der Waals surface area contributed by atoms with Gasteiger partial charge in [0.1, 0.15) is 5.50 Å². The van der Waals surface area contributed by atoms with Gasteiger partial charge in [0.05, 0.1) is 18.1 Å². The topological polar surface area (TPSA) is 103 Å². The molecule has 10 heteroatoms. The highest BCUT2D eigenvalue weighted by Crippen LogP contribution is 2.39. The lowest BCUT2D eigenvalue weighted by Crippen LogP contribution is -2.65. The predicted octanol–water partition coefficient (Wildman–Crippen LogP) is 1.94. The van der Waals surface area contributed by atoms with Gasteiger partial charge in [0.25, 0.3) is 0 Å². The summed E-state index contributed by atoms with van der Waals surface area (Å²) in [6, 6.07) is 9.68. The molecule has 2 heterocycles. The largest absolute Gasteiger partial charge is 0.379 e. The molecular weight excluding hydrogens is 398 g/mol. The Kier molecular flexibility index (Phi) is 5.83. The molecule has 1 aliphatic carbocycles. The van der Waals surface area contributed by atoms with Crippen LogP contribution in [0.1, 0.15) is 12.8 Å². The number of hydrogen-bond acceptors (Lipinski definition) is 9. The van der Waals surface area contributed by atoms with E-state index in [2.05, 4.69) is 15.5 Å². The van der Waals surface area contributed by atoms with E-state index in [-0.39, 0.29) is 35.6 Å². The Bertz CT molecular complexity index is 821. The first-order chi connectivity index (χ1) is 13.6. The third kappa shape index (κ3) is 3.74. The molecular formula is C18H23N5O3S2. The molecule has 1 aromatic carbocycles. The Morgan fingerprint density at radius 2 is 1.89 bits per heavy atom. The highest BCUT2D eigenvalue weighted by atomic mass is 32.2. The van der Waals surface area contributed by atoms with Crippen LogP contribution in [0.15, 0.2) is 34.7 Å². The first-order valence-corrected chi connectivity index (χ1v) is 10.8. The highest BCUT2D eigenvalue weighted by molar-refractivity contribution is 8.01. The molecule has 8 nitrogen and oxygen atoms in total. The molecule has 2 aromatic rings. The van der Waals surface area contributed by atoms with E-state index in [1.807, 2.05) is 35.2 Å². The van der Waals surface area contributed by atoms with Crippen LogP contribution in [0.4, 0.5) is 10.8 Å². The van der Waals surface area contributed by atoms with E-state index in [0.29, 0.717) is 18.0 Å². The molecule has 28 heavy (non-hydrogen) atoms. The predicted molar refractivity (Wildman–Crippen MR) is 109 cm³/mol. The molecule has 1 saturated carbocycles. The number of methoxy groups -OCH3 is 2. The van der Waals surface area contributed by atoms with E-state index in [4.69, 9.17) is 15.2 Å². The lowest BCUT2D eigenvalue weighted by Gasteiger charge is -2.48. The van der Waals surface area contributed by atoms with Crippen LogP contribution in [0, 0.1) is 5.92 Å². The zero-order valence-corrected chi connectivity index (χ0v) is 17.3. The second kappa shape index (κ2) is 8.34. The van der Waals surface area contributed by atoms with Crippen LogP contribution in [0.5, 0.6) is 0 Å². The molecule has 0 spiro atoms. The van der Waals surface area contributed by atoms with Crippen LogP contribution in [-0.4, -0.2) is 54.1 Å². The van der Waals surface area contributed by atoms with Gasteiger partial charge >= 0.3 is 0 Å². The fourth-order valence-electron chi connectivity index (χ4n) is 3.94. The summed E-state index contributed by atoms with van der Waals surface area (Å²) in [4.78, 5) is 15.4. The van der Waals surface area contributed by atoms with Crippen molar-refractivity contribution < 1.29 is 14.3 Å². The summed E-state index contributed by atoms with van der Waals surface area (Å²) in [5.74, 6) is -0.0885. The van der Waals surface area contributed by atoms with Crippen molar-refractivity contribution in [1.29, 1.82) is 0 Å². The maximum Gasteiger partial charge on any atom is 0.233 e. The Hall–Kier alpha value is -1.72. The number of para-hydroxylation sites is 1. The zero-order chi connectivity index (χ0) is 19.7. The molecule has 1 saturated heterocycles. The van der Waals surface area contributed by atoms with Gasteiger partial charge < -0.3 is 15.2 Å². The molecule has 4 rings (SSSR count). The minimum Gasteiger partial charge on any atom is -0.379 e. The summed E-state index contributed by atoms with van der Waals surface area (Å²) in [5, 5.41) is 12.0. The average Bonchev–Trinajstić information content (AvgIpc) is 3.12. The van der Waals surface area contributed by atoms with Crippen molar-refractivity contribution in [2.24, 2.45) is 5.92 Å². The first kappa shape index (κ1) is 19.6. The minimum absolute atomic E-state index is 0.00609. The number of nitrogens with zero attached hydrogens (tertiary/aromatic N) is 3.